The Labute approximate surface area is 111 Å². The van der Waals surface area contributed by atoms with Gasteiger partial charge in [0.25, 0.3) is 0 Å². The number of hydrogen-bond acceptors (Lipinski definition) is 4. The van der Waals surface area contributed by atoms with Crippen LogP contribution < -0.4 is 10.5 Å². The van der Waals surface area contributed by atoms with Crippen LogP contribution in [0, 0.1) is 0 Å². The summed E-state index contributed by atoms with van der Waals surface area (Å²) in [6, 6.07) is 15.7. The number of methoxy groups -OCH3 is 1. The minimum absolute atomic E-state index is 0.461. The highest BCUT2D eigenvalue weighted by Gasteiger charge is 2.15. The molecule has 0 amide bonds. The molecule has 19 heavy (non-hydrogen) atoms. The maximum atomic E-state index is 11.3. The van der Waals surface area contributed by atoms with E-state index in [0.29, 0.717) is 11.3 Å². The Morgan fingerprint density at radius 1 is 1.00 bits per heavy atom. The van der Waals surface area contributed by atoms with Gasteiger partial charge in [0.2, 0.25) is 0 Å². The summed E-state index contributed by atoms with van der Waals surface area (Å²) in [5.41, 5.74) is 6.42. The van der Waals surface area contributed by atoms with Gasteiger partial charge < -0.3 is 15.2 Å². The Balaban J connectivity index is 2.08. The molecule has 1 atom stereocenters. The molecular formula is C15H15NO3. The van der Waals surface area contributed by atoms with Crippen LogP contribution in [0.25, 0.3) is 0 Å². The summed E-state index contributed by atoms with van der Waals surface area (Å²) in [7, 11) is 1.31. The number of para-hydroxylation sites is 1. The van der Waals surface area contributed by atoms with Crippen molar-refractivity contribution < 1.29 is 14.3 Å². The largest absolute Gasteiger partial charge is 0.468 e. The highest BCUT2D eigenvalue weighted by atomic mass is 16.5. The van der Waals surface area contributed by atoms with Gasteiger partial charge in [0.05, 0.1) is 7.11 Å². The summed E-state index contributed by atoms with van der Waals surface area (Å²) in [6.07, 6.45) is 0. The third-order valence-electron chi connectivity index (χ3n) is 2.67. The number of benzene rings is 2. The van der Waals surface area contributed by atoms with Gasteiger partial charge in [-0.3, -0.25) is 4.79 Å². The van der Waals surface area contributed by atoms with Gasteiger partial charge in [0.15, 0.2) is 0 Å². The van der Waals surface area contributed by atoms with Crippen molar-refractivity contribution in [1.82, 2.24) is 0 Å². The van der Waals surface area contributed by atoms with E-state index < -0.39 is 12.0 Å². The molecule has 0 fully saturated rings. The molecule has 0 spiro atoms. The van der Waals surface area contributed by atoms with E-state index in [1.54, 1.807) is 24.3 Å². The SMILES string of the molecule is COC(=O)C(N)c1ccc(Oc2ccccc2)cc1. The van der Waals surface area contributed by atoms with Gasteiger partial charge in [-0.2, -0.15) is 0 Å². The molecular weight excluding hydrogens is 242 g/mol. The van der Waals surface area contributed by atoms with Crippen molar-refractivity contribution in [2.45, 2.75) is 6.04 Å². The summed E-state index contributed by atoms with van der Waals surface area (Å²) in [6.45, 7) is 0. The van der Waals surface area contributed by atoms with E-state index in [2.05, 4.69) is 4.74 Å². The fourth-order valence-electron chi connectivity index (χ4n) is 1.63. The Morgan fingerprint density at radius 2 is 1.58 bits per heavy atom. The van der Waals surface area contributed by atoms with Gasteiger partial charge in [0.1, 0.15) is 17.5 Å². The molecule has 4 nitrogen and oxygen atoms in total. The summed E-state index contributed by atoms with van der Waals surface area (Å²) in [5, 5.41) is 0. The maximum absolute atomic E-state index is 11.3. The van der Waals surface area contributed by atoms with Crippen LogP contribution in [0.3, 0.4) is 0 Å². The van der Waals surface area contributed by atoms with E-state index in [4.69, 9.17) is 10.5 Å². The molecule has 0 aliphatic rings. The summed E-state index contributed by atoms with van der Waals surface area (Å²) < 4.78 is 10.2. The predicted octanol–water partition coefficient (Wildman–Crippen LogP) is 2.65. The molecule has 4 heteroatoms. The van der Waals surface area contributed by atoms with Gasteiger partial charge >= 0.3 is 5.97 Å². The van der Waals surface area contributed by atoms with E-state index >= 15 is 0 Å². The second-order valence-corrected chi connectivity index (χ2v) is 3.98. The second kappa shape index (κ2) is 6.02. The van der Waals surface area contributed by atoms with Gasteiger partial charge in [-0.15, -0.1) is 0 Å². The number of carbonyl (C=O) groups excluding carboxylic acids is 1. The molecule has 2 N–H and O–H groups in total. The number of hydrogen-bond donors (Lipinski definition) is 1. The first-order chi connectivity index (χ1) is 9.20. The lowest BCUT2D eigenvalue weighted by Gasteiger charge is -2.10. The first-order valence-electron chi connectivity index (χ1n) is 5.87. The summed E-state index contributed by atoms with van der Waals surface area (Å²) >= 11 is 0. The van der Waals surface area contributed by atoms with E-state index in [0.717, 1.165) is 5.75 Å². The lowest BCUT2D eigenvalue weighted by Crippen LogP contribution is -2.22. The monoisotopic (exact) mass is 257 g/mol. The van der Waals surface area contributed by atoms with Crippen molar-refractivity contribution in [3.8, 4) is 11.5 Å². The van der Waals surface area contributed by atoms with Crippen molar-refractivity contribution in [2.24, 2.45) is 5.73 Å². The first-order valence-corrected chi connectivity index (χ1v) is 5.87. The summed E-state index contributed by atoms with van der Waals surface area (Å²) in [5.74, 6) is 0.983. The molecule has 0 saturated carbocycles. The van der Waals surface area contributed by atoms with Crippen molar-refractivity contribution in [3.63, 3.8) is 0 Å². The fourth-order valence-corrected chi connectivity index (χ4v) is 1.63. The van der Waals surface area contributed by atoms with Crippen molar-refractivity contribution in [3.05, 3.63) is 60.2 Å². The van der Waals surface area contributed by atoms with E-state index in [1.807, 2.05) is 30.3 Å². The highest BCUT2D eigenvalue weighted by Crippen LogP contribution is 2.22. The standard InChI is InChI=1S/C15H15NO3/c1-18-15(17)14(16)11-7-9-13(10-8-11)19-12-5-3-2-4-6-12/h2-10,14H,16H2,1H3. The Bertz CT molecular complexity index is 537. The number of ether oxygens (including phenoxy) is 2. The minimum atomic E-state index is -0.768. The van der Waals surface area contributed by atoms with E-state index in [9.17, 15) is 4.79 Å². The zero-order valence-corrected chi connectivity index (χ0v) is 10.6. The second-order valence-electron chi connectivity index (χ2n) is 3.98. The van der Waals surface area contributed by atoms with Gasteiger partial charge in [-0.25, -0.2) is 0 Å². The first kappa shape index (κ1) is 13.1. The number of nitrogens with two attached hydrogens (primary N) is 1. The third-order valence-corrected chi connectivity index (χ3v) is 2.67. The van der Waals surface area contributed by atoms with Crippen LogP contribution >= 0.6 is 0 Å². The molecule has 98 valence electrons. The number of carbonyl (C=O) groups is 1. The van der Waals surface area contributed by atoms with Crippen molar-refractivity contribution in [1.29, 1.82) is 0 Å². The summed E-state index contributed by atoms with van der Waals surface area (Å²) in [4.78, 5) is 11.3. The van der Waals surface area contributed by atoms with E-state index in [1.165, 1.54) is 7.11 Å². The average Bonchev–Trinajstić information content (AvgIpc) is 2.47. The molecule has 1 unspecified atom stereocenters. The van der Waals surface area contributed by atoms with Gasteiger partial charge in [-0.1, -0.05) is 30.3 Å². The zero-order valence-electron chi connectivity index (χ0n) is 10.6. The smallest absolute Gasteiger partial charge is 0.327 e. The quantitative estimate of drug-likeness (QED) is 0.855. The van der Waals surface area contributed by atoms with Crippen LogP contribution in [0.1, 0.15) is 11.6 Å². The predicted molar refractivity (Wildman–Crippen MR) is 71.9 cm³/mol. The molecule has 2 aromatic carbocycles. The zero-order chi connectivity index (χ0) is 13.7. The third kappa shape index (κ3) is 3.33. The molecule has 2 rings (SSSR count). The van der Waals surface area contributed by atoms with Crippen molar-refractivity contribution in [2.75, 3.05) is 7.11 Å². The topological polar surface area (TPSA) is 61.5 Å². The number of rotatable bonds is 4. The van der Waals surface area contributed by atoms with Crippen LogP contribution in [-0.2, 0) is 9.53 Å². The van der Waals surface area contributed by atoms with Gasteiger partial charge in [-0.05, 0) is 29.8 Å². The maximum Gasteiger partial charge on any atom is 0.327 e. The average molecular weight is 257 g/mol. The Kier molecular flexibility index (Phi) is 4.15. The molecule has 0 aliphatic heterocycles. The highest BCUT2D eigenvalue weighted by molar-refractivity contribution is 5.77. The Morgan fingerprint density at radius 3 is 2.16 bits per heavy atom. The van der Waals surface area contributed by atoms with Crippen LogP contribution in [-0.4, -0.2) is 13.1 Å². The fraction of sp³-hybridized carbons (Fsp3) is 0.133. The molecule has 0 radical (unpaired) electrons. The number of esters is 1. The van der Waals surface area contributed by atoms with E-state index in [-0.39, 0.29) is 0 Å². The molecule has 0 aromatic heterocycles. The minimum Gasteiger partial charge on any atom is -0.468 e. The lowest BCUT2D eigenvalue weighted by atomic mass is 10.1. The Hall–Kier alpha value is -2.33. The van der Waals surface area contributed by atoms with Crippen LogP contribution in [0.4, 0.5) is 0 Å². The van der Waals surface area contributed by atoms with Gasteiger partial charge in [0, 0.05) is 0 Å². The van der Waals surface area contributed by atoms with Crippen LogP contribution in [0.5, 0.6) is 11.5 Å². The lowest BCUT2D eigenvalue weighted by molar-refractivity contribution is -0.142. The van der Waals surface area contributed by atoms with Crippen LogP contribution in [0.2, 0.25) is 0 Å². The van der Waals surface area contributed by atoms with Crippen molar-refractivity contribution >= 4 is 5.97 Å². The normalized spacial score (nSPS) is 11.7. The van der Waals surface area contributed by atoms with Crippen LogP contribution in [0.15, 0.2) is 54.6 Å². The molecule has 0 heterocycles. The molecule has 0 aliphatic carbocycles. The molecule has 2 aromatic rings. The molecule has 0 saturated heterocycles. The molecule has 0 bridgehead atoms.